The first kappa shape index (κ1) is 15.0. The van der Waals surface area contributed by atoms with Gasteiger partial charge >= 0.3 is 6.18 Å². The van der Waals surface area contributed by atoms with Gasteiger partial charge in [-0.15, -0.1) is 0 Å². The number of para-hydroxylation sites is 1. The molecule has 0 bridgehead atoms. The summed E-state index contributed by atoms with van der Waals surface area (Å²) >= 11 is 0. The van der Waals surface area contributed by atoms with E-state index in [0.717, 1.165) is 18.5 Å². The minimum absolute atomic E-state index is 0.00897. The van der Waals surface area contributed by atoms with Crippen molar-refractivity contribution < 1.29 is 22.7 Å². The summed E-state index contributed by atoms with van der Waals surface area (Å²) in [5, 5.41) is 0. The Morgan fingerprint density at radius 3 is 2.52 bits per heavy atom. The van der Waals surface area contributed by atoms with Gasteiger partial charge in [0.2, 0.25) is 0 Å². The van der Waals surface area contributed by atoms with Gasteiger partial charge in [0.1, 0.15) is 5.75 Å². The Labute approximate surface area is 119 Å². The molecule has 110 valence electrons. The largest absolute Gasteiger partial charge is 0.493 e. The number of ether oxygens (including phenoxy) is 1. The van der Waals surface area contributed by atoms with Crippen molar-refractivity contribution in [3.8, 4) is 5.75 Å². The second-order valence-corrected chi connectivity index (χ2v) is 4.25. The lowest BCUT2D eigenvalue weighted by molar-refractivity contribution is -0.138. The molecule has 0 fully saturated rings. The number of hydrogen-bond donors (Lipinski definition) is 0. The van der Waals surface area contributed by atoms with Crippen molar-refractivity contribution in [2.45, 2.75) is 12.6 Å². The molecule has 3 nitrogen and oxygen atoms in total. The number of carbonyl (C=O) groups excluding carboxylic acids is 1. The fourth-order valence-electron chi connectivity index (χ4n) is 1.78. The zero-order valence-corrected chi connectivity index (χ0v) is 10.9. The van der Waals surface area contributed by atoms with Gasteiger partial charge < -0.3 is 4.74 Å². The minimum Gasteiger partial charge on any atom is -0.493 e. The van der Waals surface area contributed by atoms with E-state index in [1.54, 1.807) is 24.3 Å². The third-order valence-electron chi connectivity index (χ3n) is 2.77. The summed E-state index contributed by atoms with van der Waals surface area (Å²) in [6.07, 6.45) is -2.77. The SMILES string of the molecule is O=C(CCOc1ccccc1)c1cnccc1C(F)(F)F. The van der Waals surface area contributed by atoms with Crippen molar-refractivity contribution in [3.63, 3.8) is 0 Å². The van der Waals surface area contributed by atoms with Gasteiger partial charge in [-0.2, -0.15) is 13.2 Å². The minimum atomic E-state index is -4.58. The summed E-state index contributed by atoms with van der Waals surface area (Å²) < 4.78 is 43.7. The van der Waals surface area contributed by atoms with E-state index in [-0.39, 0.29) is 13.0 Å². The smallest absolute Gasteiger partial charge is 0.417 e. The lowest BCUT2D eigenvalue weighted by Crippen LogP contribution is -2.15. The number of Topliss-reactive ketones (excluding diaryl/α,β-unsaturated/α-hetero) is 1. The van der Waals surface area contributed by atoms with Crippen LogP contribution in [0, 0.1) is 0 Å². The molecule has 21 heavy (non-hydrogen) atoms. The zero-order valence-electron chi connectivity index (χ0n) is 10.9. The number of alkyl halides is 3. The molecule has 0 radical (unpaired) electrons. The number of ketones is 1. The molecule has 0 aliphatic heterocycles. The Bertz CT molecular complexity index is 612. The van der Waals surface area contributed by atoms with E-state index in [1.165, 1.54) is 0 Å². The molecule has 2 rings (SSSR count). The molecule has 0 N–H and O–H groups in total. The monoisotopic (exact) mass is 295 g/mol. The third-order valence-corrected chi connectivity index (χ3v) is 2.77. The summed E-state index contributed by atoms with van der Waals surface area (Å²) in [5.74, 6) is -0.0844. The Morgan fingerprint density at radius 2 is 1.86 bits per heavy atom. The summed E-state index contributed by atoms with van der Waals surface area (Å²) in [4.78, 5) is 15.5. The maximum absolute atomic E-state index is 12.8. The van der Waals surface area contributed by atoms with Crippen LogP contribution in [0.15, 0.2) is 48.8 Å². The van der Waals surface area contributed by atoms with E-state index < -0.39 is 23.1 Å². The number of nitrogens with zero attached hydrogens (tertiary/aromatic N) is 1. The van der Waals surface area contributed by atoms with Gasteiger partial charge in [-0.05, 0) is 18.2 Å². The van der Waals surface area contributed by atoms with Crippen molar-refractivity contribution in [2.75, 3.05) is 6.61 Å². The normalized spacial score (nSPS) is 11.2. The number of rotatable bonds is 5. The van der Waals surface area contributed by atoms with Gasteiger partial charge in [-0.1, -0.05) is 18.2 Å². The molecule has 1 aromatic carbocycles. The molecule has 1 heterocycles. The predicted molar refractivity (Wildman–Crippen MR) is 70.1 cm³/mol. The molecule has 0 saturated heterocycles. The van der Waals surface area contributed by atoms with Crippen LogP contribution in [-0.2, 0) is 6.18 Å². The van der Waals surface area contributed by atoms with Gasteiger partial charge in [0.15, 0.2) is 5.78 Å². The lowest BCUT2D eigenvalue weighted by atomic mass is 10.0. The van der Waals surface area contributed by atoms with Crippen molar-refractivity contribution in [1.29, 1.82) is 0 Å². The predicted octanol–water partition coefficient (Wildman–Crippen LogP) is 3.75. The number of carbonyl (C=O) groups is 1. The number of pyridine rings is 1. The Balaban J connectivity index is 2.01. The van der Waals surface area contributed by atoms with Gasteiger partial charge in [0, 0.05) is 24.4 Å². The van der Waals surface area contributed by atoms with Gasteiger partial charge in [0.25, 0.3) is 0 Å². The summed E-state index contributed by atoms with van der Waals surface area (Å²) in [5.41, 5.74) is -1.40. The fraction of sp³-hybridized carbons (Fsp3) is 0.200. The molecule has 0 amide bonds. The highest BCUT2D eigenvalue weighted by atomic mass is 19.4. The summed E-state index contributed by atoms with van der Waals surface area (Å²) in [6, 6.07) is 9.54. The molecule has 0 atom stereocenters. The molecule has 0 aliphatic rings. The van der Waals surface area contributed by atoms with E-state index in [9.17, 15) is 18.0 Å². The molecule has 2 aromatic rings. The first-order valence-corrected chi connectivity index (χ1v) is 6.21. The third kappa shape index (κ3) is 4.05. The first-order valence-electron chi connectivity index (χ1n) is 6.21. The quantitative estimate of drug-likeness (QED) is 0.789. The topological polar surface area (TPSA) is 39.2 Å². The van der Waals surface area contributed by atoms with Crippen LogP contribution in [0.5, 0.6) is 5.75 Å². The van der Waals surface area contributed by atoms with Crippen molar-refractivity contribution in [2.24, 2.45) is 0 Å². The number of aromatic nitrogens is 1. The maximum Gasteiger partial charge on any atom is 0.417 e. The van der Waals surface area contributed by atoms with E-state index in [0.29, 0.717) is 5.75 Å². The zero-order chi connectivity index (χ0) is 15.3. The number of benzene rings is 1. The number of halogens is 3. The van der Waals surface area contributed by atoms with E-state index >= 15 is 0 Å². The molecular weight excluding hydrogens is 283 g/mol. The van der Waals surface area contributed by atoms with E-state index in [4.69, 9.17) is 4.74 Å². The van der Waals surface area contributed by atoms with Crippen LogP contribution in [0.3, 0.4) is 0 Å². The highest BCUT2D eigenvalue weighted by Gasteiger charge is 2.34. The highest BCUT2D eigenvalue weighted by molar-refractivity contribution is 5.97. The van der Waals surface area contributed by atoms with Crippen LogP contribution in [0.25, 0.3) is 0 Å². The van der Waals surface area contributed by atoms with Crippen LogP contribution in [0.2, 0.25) is 0 Å². The Morgan fingerprint density at radius 1 is 1.14 bits per heavy atom. The number of hydrogen-bond acceptors (Lipinski definition) is 3. The standard InChI is InChI=1S/C15H12F3NO2/c16-15(17,18)13-6-8-19-10-12(13)14(20)7-9-21-11-4-2-1-3-5-11/h1-6,8,10H,7,9H2. The van der Waals surface area contributed by atoms with Crippen molar-refractivity contribution >= 4 is 5.78 Å². The van der Waals surface area contributed by atoms with Gasteiger partial charge in [-0.3, -0.25) is 9.78 Å². The van der Waals surface area contributed by atoms with Crippen LogP contribution < -0.4 is 4.74 Å². The average Bonchev–Trinajstić information content (AvgIpc) is 2.47. The summed E-state index contributed by atoms with van der Waals surface area (Å²) in [7, 11) is 0. The average molecular weight is 295 g/mol. The Kier molecular flexibility index (Phi) is 4.57. The van der Waals surface area contributed by atoms with E-state index in [2.05, 4.69) is 4.98 Å². The van der Waals surface area contributed by atoms with Crippen LogP contribution in [-0.4, -0.2) is 17.4 Å². The molecular formula is C15H12F3NO2. The summed E-state index contributed by atoms with van der Waals surface area (Å²) in [6.45, 7) is 0.00897. The second kappa shape index (κ2) is 6.39. The fourth-order valence-corrected chi connectivity index (χ4v) is 1.78. The van der Waals surface area contributed by atoms with Crippen molar-refractivity contribution in [1.82, 2.24) is 4.98 Å². The van der Waals surface area contributed by atoms with E-state index in [1.807, 2.05) is 6.07 Å². The molecule has 0 saturated carbocycles. The molecule has 0 unspecified atom stereocenters. The van der Waals surface area contributed by atoms with Crippen LogP contribution in [0.1, 0.15) is 22.3 Å². The lowest BCUT2D eigenvalue weighted by Gasteiger charge is -2.11. The van der Waals surface area contributed by atoms with Gasteiger partial charge in [-0.25, -0.2) is 0 Å². The molecule has 1 aromatic heterocycles. The molecule has 0 spiro atoms. The molecule has 6 heteroatoms. The van der Waals surface area contributed by atoms with Crippen molar-refractivity contribution in [3.05, 3.63) is 59.9 Å². The van der Waals surface area contributed by atoms with Crippen LogP contribution >= 0.6 is 0 Å². The maximum atomic E-state index is 12.8. The second-order valence-electron chi connectivity index (χ2n) is 4.25. The Hall–Kier alpha value is -2.37. The highest BCUT2D eigenvalue weighted by Crippen LogP contribution is 2.31. The molecule has 0 aliphatic carbocycles. The first-order chi connectivity index (χ1) is 9.98. The van der Waals surface area contributed by atoms with Gasteiger partial charge in [0.05, 0.1) is 12.2 Å². The van der Waals surface area contributed by atoms with Crippen LogP contribution in [0.4, 0.5) is 13.2 Å².